The van der Waals surface area contributed by atoms with Gasteiger partial charge in [-0.3, -0.25) is 19.3 Å². The Labute approximate surface area is 231 Å². The number of aromatic hydroxyl groups is 1. The van der Waals surface area contributed by atoms with Gasteiger partial charge in [0.05, 0.1) is 11.6 Å². The van der Waals surface area contributed by atoms with Crippen LogP contribution in [0, 0.1) is 11.8 Å². The second-order valence-electron chi connectivity index (χ2n) is 11.4. The molecule has 210 valence electrons. The van der Waals surface area contributed by atoms with Crippen molar-refractivity contribution < 1.29 is 34.8 Å². The molecule has 2 aromatic rings. The lowest BCUT2D eigenvalue weighted by atomic mass is 9.58. The molecule has 40 heavy (non-hydrogen) atoms. The monoisotopic (exact) mass is 547 g/mol. The molecular weight excluding hydrogens is 514 g/mol. The molecule has 10 nitrogen and oxygen atoms in total. The number of nitrogens with zero attached hydrogens (tertiary/aromatic N) is 2. The van der Waals surface area contributed by atoms with E-state index < -0.39 is 58.0 Å². The zero-order chi connectivity index (χ0) is 29.3. The number of ketones is 2. The molecule has 5 rings (SSSR count). The zero-order valence-electron chi connectivity index (χ0n) is 22.8. The van der Waals surface area contributed by atoms with Crippen LogP contribution >= 0.6 is 0 Å². The number of allylic oxidation sites excluding steroid dienone is 1. The summed E-state index contributed by atoms with van der Waals surface area (Å²) >= 11 is 0. The first-order valence-corrected chi connectivity index (χ1v) is 13.0. The lowest BCUT2D eigenvalue weighted by Crippen LogP contribution is -2.63. The van der Waals surface area contributed by atoms with Gasteiger partial charge in [-0.15, -0.1) is 0 Å². The molecule has 0 fully saturated rings. The summed E-state index contributed by atoms with van der Waals surface area (Å²) in [6, 6.07) is 10.0. The van der Waals surface area contributed by atoms with E-state index >= 15 is 0 Å². The normalized spacial score (nSPS) is 26.2. The first kappa shape index (κ1) is 27.6. The number of hydrogen-bond donors (Lipinski definition) is 5. The third kappa shape index (κ3) is 3.94. The van der Waals surface area contributed by atoms with Crippen molar-refractivity contribution in [2.24, 2.45) is 17.6 Å². The minimum absolute atomic E-state index is 0.00343. The lowest BCUT2D eigenvalue weighted by Gasteiger charge is -2.50. The number of fused-ring (bicyclic) bond motifs is 3. The number of Topliss-reactive ketones (excluding diaryl/α,β-unsaturated/α-hetero) is 2. The fourth-order valence-corrected chi connectivity index (χ4v) is 6.72. The second kappa shape index (κ2) is 9.58. The van der Waals surface area contributed by atoms with Crippen LogP contribution in [0.5, 0.6) is 5.75 Å². The van der Waals surface area contributed by atoms with Crippen molar-refractivity contribution in [3.05, 3.63) is 75.8 Å². The number of carbonyl (C=O) groups is 3. The van der Waals surface area contributed by atoms with E-state index in [1.165, 1.54) is 11.0 Å². The maximum absolute atomic E-state index is 13.9. The molecule has 0 unspecified atom stereocenters. The molecule has 4 atom stereocenters. The molecule has 0 bridgehead atoms. The third-order valence-corrected chi connectivity index (χ3v) is 8.34. The van der Waals surface area contributed by atoms with Gasteiger partial charge in [0.15, 0.2) is 11.4 Å². The predicted molar refractivity (Wildman–Crippen MR) is 147 cm³/mol. The minimum Gasteiger partial charge on any atom is -0.510 e. The average molecular weight is 548 g/mol. The molecule has 0 saturated carbocycles. The molecule has 6 N–H and O–H groups in total. The van der Waals surface area contributed by atoms with Crippen molar-refractivity contribution in [1.29, 1.82) is 0 Å². The van der Waals surface area contributed by atoms with Gasteiger partial charge in [-0.25, -0.2) is 0 Å². The molecule has 2 aromatic carbocycles. The van der Waals surface area contributed by atoms with Gasteiger partial charge in [0.1, 0.15) is 22.8 Å². The predicted octanol–water partition coefficient (Wildman–Crippen LogP) is 1.85. The third-order valence-electron chi connectivity index (χ3n) is 8.34. The van der Waals surface area contributed by atoms with Gasteiger partial charge in [0.2, 0.25) is 5.78 Å². The van der Waals surface area contributed by atoms with E-state index in [0.29, 0.717) is 12.1 Å². The first-order chi connectivity index (χ1) is 18.8. The second-order valence-corrected chi connectivity index (χ2v) is 11.4. The van der Waals surface area contributed by atoms with E-state index in [4.69, 9.17) is 5.73 Å². The van der Waals surface area contributed by atoms with E-state index in [1.54, 1.807) is 20.2 Å². The number of benzene rings is 2. The first-order valence-electron chi connectivity index (χ1n) is 13.0. The van der Waals surface area contributed by atoms with Crippen molar-refractivity contribution >= 4 is 17.5 Å². The Morgan fingerprint density at radius 2 is 1.77 bits per heavy atom. The van der Waals surface area contributed by atoms with Gasteiger partial charge < -0.3 is 31.1 Å². The fourth-order valence-electron chi connectivity index (χ4n) is 6.72. The number of rotatable bonds is 5. The maximum Gasteiger partial charge on any atom is 0.255 e. The zero-order valence-corrected chi connectivity index (χ0v) is 22.8. The van der Waals surface area contributed by atoms with Gasteiger partial charge >= 0.3 is 0 Å². The van der Waals surface area contributed by atoms with Crippen LogP contribution in [0.4, 0.5) is 0 Å². The molecule has 0 radical (unpaired) electrons. The number of amides is 1. The number of hydrogen-bond acceptors (Lipinski definition) is 9. The fraction of sp³-hybridized carbons (Fsp3) is 0.367. The van der Waals surface area contributed by atoms with Crippen LogP contribution in [0.15, 0.2) is 59.1 Å². The molecule has 0 aromatic heterocycles. The Morgan fingerprint density at radius 3 is 2.40 bits per heavy atom. The summed E-state index contributed by atoms with van der Waals surface area (Å²) in [4.78, 5) is 43.0. The van der Waals surface area contributed by atoms with Crippen molar-refractivity contribution in [2.75, 3.05) is 28.2 Å². The number of phenols is 1. The highest BCUT2D eigenvalue weighted by atomic mass is 16.3. The largest absolute Gasteiger partial charge is 0.510 e. The number of carbonyl (C=O) groups excluding carboxylic acids is 3. The van der Waals surface area contributed by atoms with Crippen molar-refractivity contribution in [2.45, 2.75) is 31.0 Å². The summed E-state index contributed by atoms with van der Waals surface area (Å²) in [5, 5.41) is 44.9. The molecule has 3 aliphatic carbocycles. The van der Waals surface area contributed by atoms with Gasteiger partial charge in [-0.2, -0.15) is 0 Å². The topological polar surface area (TPSA) is 165 Å². The quantitative estimate of drug-likeness (QED) is 0.351. The Bertz CT molecular complexity index is 1520. The van der Waals surface area contributed by atoms with Gasteiger partial charge in [-0.1, -0.05) is 24.3 Å². The minimum atomic E-state index is -2.65. The summed E-state index contributed by atoms with van der Waals surface area (Å²) in [5.74, 6) is -6.64. The van der Waals surface area contributed by atoms with Crippen LogP contribution in [0.3, 0.4) is 0 Å². The van der Waals surface area contributed by atoms with Crippen LogP contribution in [-0.2, 0) is 22.6 Å². The SMILES string of the molecule is CN(C)Cc1cccc(-c2ccc(O)c3c2C[C@H]2C[C@H]4[C@H](N(C)C)C(O)=C(C(N)=O)C(=O)[C@@]4(O)C(O)=C2C3=O)c1. The Balaban J connectivity index is 1.69. The van der Waals surface area contributed by atoms with E-state index in [1.807, 2.05) is 43.3 Å². The number of likely N-dealkylation sites (N-methyl/N-ethyl adjacent to an activating group) is 1. The smallest absolute Gasteiger partial charge is 0.255 e. The maximum atomic E-state index is 13.9. The van der Waals surface area contributed by atoms with Gasteiger partial charge in [0.25, 0.3) is 5.91 Å². The van der Waals surface area contributed by atoms with Gasteiger partial charge in [0, 0.05) is 18.0 Å². The van der Waals surface area contributed by atoms with Crippen molar-refractivity contribution in [3.8, 4) is 16.9 Å². The van der Waals surface area contributed by atoms with Crippen molar-refractivity contribution in [3.63, 3.8) is 0 Å². The molecule has 0 saturated heterocycles. The molecule has 0 aliphatic heterocycles. The number of primary amides is 1. The average Bonchev–Trinajstić information content (AvgIpc) is 2.85. The Morgan fingerprint density at radius 1 is 1.07 bits per heavy atom. The Hall–Kier alpha value is -3.99. The number of nitrogens with two attached hydrogens (primary N) is 1. The van der Waals surface area contributed by atoms with E-state index in [-0.39, 0.29) is 29.7 Å². The Kier molecular flexibility index (Phi) is 6.60. The number of aliphatic hydroxyl groups is 3. The standard InChI is InChI=1S/C30H33N3O7/c1-32(2)13-14-6-5-7-15(10-14)17-8-9-20(34)22-18(17)11-16-12-19-24(33(3)4)26(36)23(29(31)39)28(38)30(19,40)27(37)21(16)25(22)35/h5-10,16,19,24,34,36-37,40H,11-13H2,1-4H3,(H2,31,39)/t16-,19-,24-,30-/m0/s1. The number of phenolic OH excluding ortho intramolecular Hbond substituents is 1. The highest BCUT2D eigenvalue weighted by Crippen LogP contribution is 2.53. The lowest BCUT2D eigenvalue weighted by molar-refractivity contribution is -0.148. The highest BCUT2D eigenvalue weighted by molar-refractivity contribution is 6.24. The highest BCUT2D eigenvalue weighted by Gasteiger charge is 2.63. The summed E-state index contributed by atoms with van der Waals surface area (Å²) in [6.45, 7) is 0.709. The van der Waals surface area contributed by atoms with Crippen LogP contribution in [-0.4, -0.2) is 87.5 Å². The van der Waals surface area contributed by atoms with E-state index in [9.17, 15) is 34.8 Å². The van der Waals surface area contributed by atoms with Crippen molar-refractivity contribution in [1.82, 2.24) is 9.80 Å². The number of aliphatic hydroxyl groups excluding tert-OH is 2. The molecule has 1 amide bonds. The molecule has 0 spiro atoms. The summed E-state index contributed by atoms with van der Waals surface area (Å²) in [6.07, 6.45) is 0.276. The molecule has 0 heterocycles. The molecule has 3 aliphatic rings. The molecular formula is C30H33N3O7. The summed E-state index contributed by atoms with van der Waals surface area (Å²) < 4.78 is 0. The summed E-state index contributed by atoms with van der Waals surface area (Å²) in [5.41, 5.74) is 5.00. The van der Waals surface area contributed by atoms with Gasteiger partial charge in [-0.05, 0) is 81.3 Å². The molecule has 10 heteroatoms. The van der Waals surface area contributed by atoms with Crippen LogP contribution in [0.2, 0.25) is 0 Å². The van der Waals surface area contributed by atoms with E-state index in [2.05, 4.69) is 0 Å². The van der Waals surface area contributed by atoms with Crippen LogP contribution in [0.1, 0.15) is 27.9 Å². The summed E-state index contributed by atoms with van der Waals surface area (Å²) in [7, 11) is 7.14. The van der Waals surface area contributed by atoms with Crippen LogP contribution in [0.25, 0.3) is 11.1 Å². The van der Waals surface area contributed by atoms with Crippen LogP contribution < -0.4 is 5.73 Å². The van der Waals surface area contributed by atoms with E-state index in [0.717, 1.165) is 16.7 Å².